The van der Waals surface area contributed by atoms with E-state index in [0.717, 1.165) is 0 Å². The second-order valence-corrected chi connectivity index (χ2v) is 6.63. The average Bonchev–Trinajstić information content (AvgIpc) is 3.06. The molecule has 0 spiro atoms. The van der Waals surface area contributed by atoms with E-state index in [1.807, 2.05) is 13.0 Å². The molecule has 0 aliphatic rings. The summed E-state index contributed by atoms with van der Waals surface area (Å²) in [6, 6.07) is 13.4. The molecule has 3 aromatic rings. The van der Waals surface area contributed by atoms with Gasteiger partial charge in [0.25, 0.3) is 5.91 Å². The van der Waals surface area contributed by atoms with Gasteiger partial charge >= 0.3 is 5.97 Å². The monoisotopic (exact) mass is 448 g/mol. The number of rotatable bonds is 5. The zero-order valence-electron chi connectivity index (χ0n) is 14.2. The van der Waals surface area contributed by atoms with Crippen LogP contribution in [0.3, 0.4) is 0 Å². The van der Waals surface area contributed by atoms with Crippen LogP contribution >= 0.6 is 27.5 Å². The first-order chi connectivity index (χ1) is 13.0. The van der Waals surface area contributed by atoms with E-state index in [1.165, 1.54) is 0 Å². The zero-order valence-corrected chi connectivity index (χ0v) is 16.5. The van der Waals surface area contributed by atoms with Crippen LogP contribution in [0.25, 0.3) is 11.3 Å². The van der Waals surface area contributed by atoms with Crippen LogP contribution in [-0.2, 0) is 0 Å². The van der Waals surface area contributed by atoms with Crippen LogP contribution in [0.15, 0.2) is 57.5 Å². The van der Waals surface area contributed by atoms with Crippen molar-refractivity contribution in [3.8, 4) is 17.1 Å². The largest absolute Gasteiger partial charge is 0.421 e. The highest BCUT2D eigenvalue weighted by atomic mass is 79.9. The van der Waals surface area contributed by atoms with Gasteiger partial charge in [0, 0.05) is 12.1 Å². The maximum absolute atomic E-state index is 12.2. The van der Waals surface area contributed by atoms with Gasteiger partial charge in [-0.25, -0.2) is 4.79 Å². The van der Waals surface area contributed by atoms with Crippen molar-refractivity contribution in [1.29, 1.82) is 0 Å². The maximum Gasteiger partial charge on any atom is 0.343 e. The van der Waals surface area contributed by atoms with Gasteiger partial charge in [0.05, 0.1) is 15.1 Å². The molecule has 0 saturated carbocycles. The quantitative estimate of drug-likeness (QED) is 0.450. The van der Waals surface area contributed by atoms with E-state index in [2.05, 4.69) is 26.4 Å². The highest BCUT2D eigenvalue weighted by molar-refractivity contribution is 9.10. The number of hydrogen-bond acceptors (Lipinski definition) is 5. The summed E-state index contributed by atoms with van der Waals surface area (Å²) in [6.45, 7) is 2.28. The van der Waals surface area contributed by atoms with Crippen molar-refractivity contribution in [3.05, 3.63) is 69.3 Å². The third kappa shape index (κ3) is 4.20. The van der Waals surface area contributed by atoms with Crippen molar-refractivity contribution in [3.63, 3.8) is 0 Å². The summed E-state index contributed by atoms with van der Waals surface area (Å²) in [4.78, 5) is 24.1. The van der Waals surface area contributed by atoms with Crippen molar-refractivity contribution in [2.24, 2.45) is 0 Å². The van der Waals surface area contributed by atoms with E-state index in [4.69, 9.17) is 20.9 Å². The van der Waals surface area contributed by atoms with Crippen molar-refractivity contribution in [2.45, 2.75) is 6.92 Å². The third-order valence-electron chi connectivity index (χ3n) is 3.59. The Bertz CT molecular complexity index is 989. The topological polar surface area (TPSA) is 81.4 Å². The van der Waals surface area contributed by atoms with Crippen molar-refractivity contribution >= 4 is 39.4 Å². The molecular formula is C19H14BrClN2O4. The van der Waals surface area contributed by atoms with E-state index < -0.39 is 5.97 Å². The molecule has 1 N–H and O–H groups in total. The normalized spacial score (nSPS) is 10.5. The van der Waals surface area contributed by atoms with Crippen molar-refractivity contribution in [2.75, 3.05) is 6.54 Å². The molecule has 1 heterocycles. The summed E-state index contributed by atoms with van der Waals surface area (Å²) in [5.41, 5.74) is 1.14. The van der Waals surface area contributed by atoms with Gasteiger partial charge in [-0.05, 0) is 53.2 Å². The Morgan fingerprint density at radius 2 is 1.96 bits per heavy atom. The van der Waals surface area contributed by atoms with E-state index in [0.29, 0.717) is 27.9 Å². The first-order valence-electron chi connectivity index (χ1n) is 8.01. The summed E-state index contributed by atoms with van der Waals surface area (Å²) >= 11 is 9.58. The Hall–Kier alpha value is -2.64. The number of aromatic nitrogens is 1. The molecule has 0 aliphatic heterocycles. The molecule has 0 saturated heterocycles. The molecular weight excluding hydrogens is 436 g/mol. The van der Waals surface area contributed by atoms with Gasteiger partial charge in [-0.1, -0.05) is 35.0 Å². The first-order valence-corrected chi connectivity index (χ1v) is 9.19. The Balaban J connectivity index is 1.83. The van der Waals surface area contributed by atoms with Gasteiger partial charge < -0.3 is 14.6 Å². The molecule has 0 atom stereocenters. The number of esters is 1. The number of nitrogens with one attached hydrogen (secondary N) is 1. The smallest absolute Gasteiger partial charge is 0.343 e. The minimum absolute atomic E-state index is 0.141. The summed E-state index contributed by atoms with van der Waals surface area (Å²) in [5, 5.41) is 6.66. The lowest BCUT2D eigenvalue weighted by Gasteiger charge is -2.07. The molecule has 2 aromatic carbocycles. The fourth-order valence-electron chi connectivity index (χ4n) is 2.30. The second-order valence-electron chi connectivity index (χ2n) is 5.43. The lowest BCUT2D eigenvalue weighted by atomic mass is 10.1. The lowest BCUT2D eigenvalue weighted by molar-refractivity contribution is 0.0734. The van der Waals surface area contributed by atoms with Gasteiger partial charge in [-0.3, -0.25) is 4.79 Å². The average molecular weight is 450 g/mol. The number of benzene rings is 2. The predicted octanol–water partition coefficient (Wildman–Crippen LogP) is 4.73. The van der Waals surface area contributed by atoms with E-state index >= 15 is 0 Å². The summed E-state index contributed by atoms with van der Waals surface area (Å²) in [5.74, 6) is -0.295. The molecule has 1 amide bonds. The van der Waals surface area contributed by atoms with Gasteiger partial charge in [0.15, 0.2) is 11.5 Å². The first kappa shape index (κ1) is 19.1. The zero-order chi connectivity index (χ0) is 19.4. The molecule has 0 unspecified atom stereocenters. The number of carbonyl (C=O) groups is 2. The molecule has 138 valence electrons. The highest BCUT2D eigenvalue weighted by Crippen LogP contribution is 2.35. The van der Waals surface area contributed by atoms with Crippen LogP contribution in [0.5, 0.6) is 5.75 Å². The van der Waals surface area contributed by atoms with Crippen LogP contribution in [0.4, 0.5) is 0 Å². The Labute approximate surface area is 168 Å². The Morgan fingerprint density at radius 1 is 1.22 bits per heavy atom. The van der Waals surface area contributed by atoms with Crippen LogP contribution in [0.1, 0.15) is 27.8 Å². The number of nitrogens with zero attached hydrogens (tertiary/aromatic N) is 1. The Morgan fingerprint density at radius 3 is 2.63 bits per heavy atom. The maximum atomic E-state index is 12.2. The van der Waals surface area contributed by atoms with Gasteiger partial charge in [0.1, 0.15) is 5.75 Å². The minimum Gasteiger partial charge on any atom is -0.421 e. The number of carbonyl (C=O) groups excluding carboxylic acids is 2. The lowest BCUT2D eigenvalue weighted by Crippen LogP contribution is -2.23. The van der Waals surface area contributed by atoms with Crippen LogP contribution in [0.2, 0.25) is 5.02 Å². The molecule has 3 rings (SSSR count). The molecule has 1 aromatic heterocycles. The number of halogens is 2. The summed E-state index contributed by atoms with van der Waals surface area (Å²) < 4.78 is 11.0. The molecule has 6 nitrogen and oxygen atoms in total. The van der Waals surface area contributed by atoms with E-state index in [1.54, 1.807) is 42.5 Å². The molecule has 0 fully saturated rings. The standard InChI is InChI=1S/C19H14BrClN2O4/c1-2-22-18(24)16-15(20)17(27-23-16)12-8-9-14(13(21)10-12)26-19(25)11-6-4-3-5-7-11/h3-10H,2H2,1H3,(H,22,24). The fourth-order valence-corrected chi connectivity index (χ4v) is 3.07. The van der Waals surface area contributed by atoms with Gasteiger partial charge in [0.2, 0.25) is 0 Å². The molecule has 0 aliphatic carbocycles. The fraction of sp³-hybridized carbons (Fsp3) is 0.105. The van der Waals surface area contributed by atoms with Crippen molar-refractivity contribution < 1.29 is 18.8 Å². The van der Waals surface area contributed by atoms with Gasteiger partial charge in [-0.2, -0.15) is 0 Å². The molecule has 0 radical (unpaired) electrons. The van der Waals surface area contributed by atoms with E-state index in [-0.39, 0.29) is 22.4 Å². The SMILES string of the molecule is CCNC(=O)c1noc(-c2ccc(OC(=O)c3ccccc3)c(Cl)c2)c1Br. The molecule has 8 heteroatoms. The van der Waals surface area contributed by atoms with Gasteiger partial charge in [-0.15, -0.1) is 0 Å². The number of hydrogen-bond donors (Lipinski definition) is 1. The van der Waals surface area contributed by atoms with Crippen LogP contribution in [0, 0.1) is 0 Å². The highest BCUT2D eigenvalue weighted by Gasteiger charge is 2.21. The van der Waals surface area contributed by atoms with E-state index in [9.17, 15) is 9.59 Å². The predicted molar refractivity (Wildman–Crippen MR) is 104 cm³/mol. The van der Waals surface area contributed by atoms with Crippen LogP contribution < -0.4 is 10.1 Å². The second kappa shape index (κ2) is 8.37. The summed E-state index contributed by atoms with van der Waals surface area (Å²) in [7, 11) is 0. The minimum atomic E-state index is -0.510. The van der Waals surface area contributed by atoms with Crippen molar-refractivity contribution in [1.82, 2.24) is 10.5 Å². The summed E-state index contributed by atoms with van der Waals surface area (Å²) in [6.07, 6.45) is 0. The number of ether oxygens (including phenoxy) is 1. The third-order valence-corrected chi connectivity index (χ3v) is 4.63. The Kier molecular flexibility index (Phi) is 5.93. The molecule has 27 heavy (non-hydrogen) atoms. The molecule has 0 bridgehead atoms. The number of amides is 1. The van der Waals surface area contributed by atoms with Crippen LogP contribution in [-0.4, -0.2) is 23.6 Å².